The van der Waals surface area contributed by atoms with E-state index in [9.17, 15) is 9.50 Å². The number of rotatable bonds is 6. The molecule has 0 aromatic heterocycles. The van der Waals surface area contributed by atoms with Crippen molar-refractivity contribution in [2.45, 2.75) is 64.1 Å². The summed E-state index contributed by atoms with van der Waals surface area (Å²) in [5.74, 6) is -0.0953. The van der Waals surface area contributed by atoms with Crippen molar-refractivity contribution in [3.05, 3.63) is 29.6 Å². The zero-order valence-electron chi connectivity index (χ0n) is 13.0. The summed E-state index contributed by atoms with van der Waals surface area (Å²) in [4.78, 5) is 0. The van der Waals surface area contributed by atoms with Gasteiger partial charge in [0.25, 0.3) is 0 Å². The summed E-state index contributed by atoms with van der Waals surface area (Å²) in [5.41, 5.74) is -0.00776. The molecule has 118 valence electrons. The zero-order chi connectivity index (χ0) is 15.3. The van der Waals surface area contributed by atoms with Crippen molar-refractivity contribution in [2.75, 3.05) is 6.61 Å². The van der Waals surface area contributed by atoms with Crippen molar-refractivity contribution in [3.8, 4) is 5.75 Å². The van der Waals surface area contributed by atoms with Crippen LogP contribution in [0.1, 0.15) is 51.5 Å². The van der Waals surface area contributed by atoms with Crippen molar-refractivity contribution < 1.29 is 14.2 Å². The van der Waals surface area contributed by atoms with E-state index in [4.69, 9.17) is 4.74 Å². The fourth-order valence-corrected chi connectivity index (χ4v) is 2.73. The molecule has 2 rings (SSSR count). The number of halogens is 1. The Morgan fingerprint density at radius 1 is 1.29 bits per heavy atom. The van der Waals surface area contributed by atoms with E-state index in [1.165, 1.54) is 6.07 Å². The smallest absolute Gasteiger partial charge is 0.165 e. The number of nitrogens with one attached hydrogen (secondary N) is 1. The van der Waals surface area contributed by atoms with Crippen LogP contribution in [0, 0.1) is 5.82 Å². The topological polar surface area (TPSA) is 41.5 Å². The van der Waals surface area contributed by atoms with Crippen LogP contribution in [0.25, 0.3) is 0 Å². The Morgan fingerprint density at radius 2 is 2.00 bits per heavy atom. The molecule has 0 unspecified atom stereocenters. The van der Waals surface area contributed by atoms with Gasteiger partial charge in [-0.05, 0) is 18.9 Å². The van der Waals surface area contributed by atoms with E-state index in [-0.39, 0.29) is 18.2 Å². The SMILES string of the molecule is CC(C)NCc1cccc(F)c1OCC1(O)CCCCC1. The molecule has 1 aliphatic carbocycles. The Bertz CT molecular complexity index is 456. The van der Waals surface area contributed by atoms with Crippen LogP contribution in [0.3, 0.4) is 0 Å². The van der Waals surface area contributed by atoms with Crippen LogP contribution in [0.2, 0.25) is 0 Å². The summed E-state index contributed by atoms with van der Waals surface area (Å²) in [5, 5.41) is 13.7. The van der Waals surface area contributed by atoms with Gasteiger partial charge in [0.15, 0.2) is 11.6 Å². The molecule has 1 aromatic carbocycles. The van der Waals surface area contributed by atoms with E-state index < -0.39 is 5.60 Å². The van der Waals surface area contributed by atoms with E-state index in [1.807, 2.05) is 19.9 Å². The summed E-state index contributed by atoms with van der Waals surface area (Å²) in [6.07, 6.45) is 4.66. The first-order valence-electron chi connectivity index (χ1n) is 7.86. The maximum Gasteiger partial charge on any atom is 0.165 e. The van der Waals surface area contributed by atoms with Gasteiger partial charge in [-0.15, -0.1) is 0 Å². The Kier molecular flexibility index (Phi) is 5.59. The molecule has 2 N–H and O–H groups in total. The molecule has 0 bridgehead atoms. The molecule has 1 fully saturated rings. The number of ether oxygens (including phenoxy) is 1. The Hall–Kier alpha value is -1.13. The third-order valence-electron chi connectivity index (χ3n) is 4.02. The van der Waals surface area contributed by atoms with E-state index >= 15 is 0 Å². The number of benzene rings is 1. The molecule has 0 aliphatic heterocycles. The number of hydrogen-bond donors (Lipinski definition) is 2. The molecular weight excluding hydrogens is 269 g/mol. The highest BCUT2D eigenvalue weighted by Crippen LogP contribution is 2.30. The molecule has 0 saturated heterocycles. The minimum atomic E-state index is -0.802. The second-order valence-corrected chi connectivity index (χ2v) is 6.34. The van der Waals surface area contributed by atoms with Crippen molar-refractivity contribution in [2.24, 2.45) is 0 Å². The van der Waals surface area contributed by atoms with E-state index in [2.05, 4.69) is 5.32 Å². The standard InChI is InChI=1S/C17H26FNO2/c1-13(2)19-11-14-7-6-8-15(18)16(14)21-12-17(20)9-4-3-5-10-17/h6-8,13,19-20H,3-5,9-12H2,1-2H3. The minimum absolute atomic E-state index is 0.169. The predicted octanol–water partition coefficient (Wildman–Crippen LogP) is 3.40. The Morgan fingerprint density at radius 3 is 2.67 bits per heavy atom. The summed E-state index contributed by atoms with van der Waals surface area (Å²) in [6, 6.07) is 5.27. The van der Waals surface area contributed by atoms with Crippen molar-refractivity contribution >= 4 is 0 Å². The molecule has 1 saturated carbocycles. The minimum Gasteiger partial charge on any atom is -0.487 e. The Balaban J connectivity index is 2.04. The predicted molar refractivity (Wildman–Crippen MR) is 81.9 cm³/mol. The largest absolute Gasteiger partial charge is 0.487 e. The number of para-hydroxylation sites is 1. The highest BCUT2D eigenvalue weighted by molar-refractivity contribution is 5.35. The van der Waals surface area contributed by atoms with Crippen LogP contribution >= 0.6 is 0 Å². The summed E-state index contributed by atoms with van der Waals surface area (Å²) in [7, 11) is 0. The van der Waals surface area contributed by atoms with Gasteiger partial charge < -0.3 is 15.2 Å². The van der Waals surface area contributed by atoms with E-state index in [1.54, 1.807) is 6.07 Å². The molecule has 1 aromatic rings. The monoisotopic (exact) mass is 295 g/mol. The quantitative estimate of drug-likeness (QED) is 0.845. The summed E-state index contributed by atoms with van der Waals surface area (Å²) in [6.45, 7) is 4.82. The van der Waals surface area contributed by atoms with E-state index in [0.29, 0.717) is 12.6 Å². The van der Waals surface area contributed by atoms with Gasteiger partial charge in [0.1, 0.15) is 6.61 Å². The maximum atomic E-state index is 14.0. The Labute approximate surface area is 126 Å². The summed E-state index contributed by atoms with van der Waals surface area (Å²) < 4.78 is 19.7. The van der Waals surface area contributed by atoms with Gasteiger partial charge >= 0.3 is 0 Å². The highest BCUT2D eigenvalue weighted by Gasteiger charge is 2.30. The molecular formula is C17H26FNO2. The molecule has 3 nitrogen and oxygen atoms in total. The molecule has 0 atom stereocenters. The van der Waals surface area contributed by atoms with Crippen molar-refractivity contribution in [1.82, 2.24) is 5.32 Å². The molecule has 0 heterocycles. The first-order chi connectivity index (χ1) is 10.0. The van der Waals surface area contributed by atoms with Gasteiger partial charge in [-0.3, -0.25) is 0 Å². The first-order valence-corrected chi connectivity index (χ1v) is 7.86. The molecule has 0 amide bonds. The van der Waals surface area contributed by atoms with Gasteiger partial charge in [0, 0.05) is 18.2 Å². The number of aliphatic hydroxyl groups is 1. The van der Waals surface area contributed by atoms with Gasteiger partial charge in [0.2, 0.25) is 0 Å². The average Bonchev–Trinajstić information content (AvgIpc) is 2.45. The lowest BCUT2D eigenvalue weighted by Crippen LogP contribution is -2.38. The second-order valence-electron chi connectivity index (χ2n) is 6.34. The van der Waals surface area contributed by atoms with Crippen LogP contribution in [-0.2, 0) is 6.54 Å². The third-order valence-corrected chi connectivity index (χ3v) is 4.02. The molecule has 0 spiro atoms. The zero-order valence-corrected chi connectivity index (χ0v) is 13.0. The van der Waals surface area contributed by atoms with Gasteiger partial charge in [-0.1, -0.05) is 45.2 Å². The third kappa shape index (κ3) is 4.68. The number of hydrogen-bond acceptors (Lipinski definition) is 3. The van der Waals surface area contributed by atoms with Crippen LogP contribution in [-0.4, -0.2) is 23.4 Å². The average molecular weight is 295 g/mol. The second kappa shape index (κ2) is 7.23. The van der Waals surface area contributed by atoms with Gasteiger partial charge in [-0.2, -0.15) is 0 Å². The first kappa shape index (κ1) is 16.2. The molecule has 4 heteroatoms. The van der Waals surface area contributed by atoms with Gasteiger partial charge in [0.05, 0.1) is 5.60 Å². The lowest BCUT2D eigenvalue weighted by atomic mass is 9.85. The van der Waals surface area contributed by atoms with Gasteiger partial charge in [-0.25, -0.2) is 4.39 Å². The van der Waals surface area contributed by atoms with Crippen LogP contribution in [0.4, 0.5) is 4.39 Å². The maximum absolute atomic E-state index is 14.0. The van der Waals surface area contributed by atoms with Crippen LogP contribution < -0.4 is 10.1 Å². The van der Waals surface area contributed by atoms with Crippen molar-refractivity contribution in [1.29, 1.82) is 0 Å². The molecule has 21 heavy (non-hydrogen) atoms. The lowest BCUT2D eigenvalue weighted by molar-refractivity contribution is -0.0349. The van der Waals surface area contributed by atoms with E-state index in [0.717, 1.165) is 37.7 Å². The fourth-order valence-electron chi connectivity index (χ4n) is 2.73. The normalized spacial score (nSPS) is 18.0. The molecule has 0 radical (unpaired) electrons. The highest BCUT2D eigenvalue weighted by atomic mass is 19.1. The van der Waals surface area contributed by atoms with Crippen LogP contribution in [0.5, 0.6) is 5.75 Å². The summed E-state index contributed by atoms with van der Waals surface area (Å²) >= 11 is 0. The van der Waals surface area contributed by atoms with Crippen molar-refractivity contribution in [3.63, 3.8) is 0 Å². The van der Waals surface area contributed by atoms with Crippen LogP contribution in [0.15, 0.2) is 18.2 Å². The lowest BCUT2D eigenvalue weighted by Gasteiger charge is -2.32. The molecule has 1 aliphatic rings. The fraction of sp³-hybridized carbons (Fsp3) is 0.647.